The molecule has 6 nitrogen and oxygen atoms in total. The lowest BCUT2D eigenvalue weighted by atomic mass is 9.94. The summed E-state index contributed by atoms with van der Waals surface area (Å²) in [5, 5.41) is 9.99. The molecule has 19 heavy (non-hydrogen) atoms. The largest absolute Gasteiger partial charge is 0.390 e. The summed E-state index contributed by atoms with van der Waals surface area (Å²) < 4.78 is 0. The van der Waals surface area contributed by atoms with E-state index in [1.165, 1.54) is 0 Å². The monoisotopic (exact) mass is 265 g/mol. The van der Waals surface area contributed by atoms with Gasteiger partial charge in [0.25, 0.3) is 0 Å². The van der Waals surface area contributed by atoms with E-state index in [2.05, 4.69) is 27.2 Å². The van der Waals surface area contributed by atoms with Crippen molar-refractivity contribution in [3.63, 3.8) is 0 Å². The Hall–Kier alpha value is -1.40. The molecule has 0 aromatic carbocycles. The van der Waals surface area contributed by atoms with Crippen LogP contribution < -0.4 is 16.2 Å². The average Bonchev–Trinajstić information content (AvgIpc) is 2.38. The molecule has 1 aromatic rings. The molecule has 0 aliphatic carbocycles. The van der Waals surface area contributed by atoms with E-state index in [1.54, 1.807) is 0 Å². The van der Waals surface area contributed by atoms with Gasteiger partial charge in [-0.25, -0.2) is 15.8 Å². The maximum Gasteiger partial charge on any atom is 0.145 e. The van der Waals surface area contributed by atoms with Crippen LogP contribution in [0.2, 0.25) is 0 Å². The van der Waals surface area contributed by atoms with Crippen molar-refractivity contribution < 1.29 is 5.11 Å². The SMILES string of the molecule is CCCc1nc(NN)cc(N2CCC(C)(O)CC2)n1. The lowest BCUT2D eigenvalue weighted by Crippen LogP contribution is -2.42. The predicted octanol–water partition coefficient (Wildman–Crippen LogP) is 1.07. The lowest BCUT2D eigenvalue weighted by Gasteiger charge is -2.36. The summed E-state index contributed by atoms with van der Waals surface area (Å²) in [6.07, 6.45) is 3.35. The standard InChI is InChI=1S/C13H23N5O/c1-3-4-10-15-11(17-14)9-12(16-10)18-7-5-13(2,19)6-8-18/h9,19H,3-8,14H2,1-2H3,(H,15,16,17). The summed E-state index contributed by atoms with van der Waals surface area (Å²) in [5.41, 5.74) is 2.04. The number of aryl methyl sites for hydroxylation is 1. The second kappa shape index (κ2) is 5.71. The topological polar surface area (TPSA) is 87.3 Å². The molecule has 1 aromatic heterocycles. The number of aromatic nitrogens is 2. The van der Waals surface area contributed by atoms with E-state index in [1.807, 2.05) is 13.0 Å². The smallest absolute Gasteiger partial charge is 0.145 e. The number of rotatable bonds is 4. The summed E-state index contributed by atoms with van der Waals surface area (Å²) in [4.78, 5) is 11.1. The third-order valence-electron chi connectivity index (χ3n) is 3.55. The minimum absolute atomic E-state index is 0.551. The minimum atomic E-state index is -0.551. The maximum atomic E-state index is 9.99. The van der Waals surface area contributed by atoms with Gasteiger partial charge in [-0.1, -0.05) is 6.92 Å². The van der Waals surface area contributed by atoms with Crippen molar-refractivity contribution in [3.8, 4) is 0 Å². The molecule has 2 heterocycles. The summed E-state index contributed by atoms with van der Waals surface area (Å²) >= 11 is 0. The van der Waals surface area contributed by atoms with Crippen LogP contribution in [0.15, 0.2) is 6.07 Å². The number of nitrogens with two attached hydrogens (primary N) is 1. The van der Waals surface area contributed by atoms with Crippen molar-refractivity contribution in [3.05, 3.63) is 11.9 Å². The van der Waals surface area contributed by atoms with Gasteiger partial charge in [0, 0.05) is 25.6 Å². The molecule has 1 aliphatic heterocycles. The van der Waals surface area contributed by atoms with Gasteiger partial charge in [0.1, 0.15) is 17.5 Å². The van der Waals surface area contributed by atoms with Crippen molar-refractivity contribution in [2.45, 2.75) is 45.1 Å². The van der Waals surface area contributed by atoms with Gasteiger partial charge >= 0.3 is 0 Å². The van der Waals surface area contributed by atoms with E-state index in [9.17, 15) is 5.11 Å². The Kier molecular flexibility index (Phi) is 4.21. The summed E-state index contributed by atoms with van der Waals surface area (Å²) in [7, 11) is 0. The second-order valence-electron chi connectivity index (χ2n) is 5.41. The Bertz CT molecular complexity index is 425. The van der Waals surface area contributed by atoms with Crippen LogP contribution in [0.3, 0.4) is 0 Å². The van der Waals surface area contributed by atoms with Crippen LogP contribution >= 0.6 is 0 Å². The Morgan fingerprint density at radius 2 is 2.11 bits per heavy atom. The number of hydrogen-bond donors (Lipinski definition) is 3. The fourth-order valence-electron chi connectivity index (χ4n) is 2.27. The number of anilines is 2. The number of aliphatic hydroxyl groups is 1. The Morgan fingerprint density at radius 1 is 1.42 bits per heavy atom. The quantitative estimate of drug-likeness (QED) is 0.557. The van der Waals surface area contributed by atoms with Gasteiger partial charge in [-0.2, -0.15) is 0 Å². The molecular formula is C13H23N5O. The third-order valence-corrected chi connectivity index (χ3v) is 3.55. The molecule has 0 bridgehead atoms. The molecule has 1 saturated heterocycles. The first kappa shape index (κ1) is 14.0. The van der Waals surface area contributed by atoms with Crippen molar-refractivity contribution in [1.29, 1.82) is 0 Å². The van der Waals surface area contributed by atoms with Crippen molar-refractivity contribution in [1.82, 2.24) is 9.97 Å². The maximum absolute atomic E-state index is 9.99. The summed E-state index contributed by atoms with van der Waals surface area (Å²) in [5.74, 6) is 7.80. The molecule has 0 saturated carbocycles. The Morgan fingerprint density at radius 3 is 2.68 bits per heavy atom. The van der Waals surface area contributed by atoms with Crippen LogP contribution in [0.5, 0.6) is 0 Å². The van der Waals surface area contributed by atoms with Crippen LogP contribution in [-0.2, 0) is 6.42 Å². The van der Waals surface area contributed by atoms with Crippen molar-refractivity contribution in [2.75, 3.05) is 23.4 Å². The third kappa shape index (κ3) is 3.54. The van der Waals surface area contributed by atoms with Gasteiger partial charge in [0.05, 0.1) is 5.60 Å². The van der Waals surface area contributed by atoms with E-state index >= 15 is 0 Å². The van der Waals surface area contributed by atoms with Crippen LogP contribution in [0, 0.1) is 0 Å². The molecule has 0 unspecified atom stereocenters. The fraction of sp³-hybridized carbons (Fsp3) is 0.692. The number of nitrogens with zero attached hydrogens (tertiary/aromatic N) is 3. The summed E-state index contributed by atoms with van der Waals surface area (Å²) in [6.45, 7) is 5.60. The van der Waals surface area contributed by atoms with Crippen molar-refractivity contribution >= 4 is 11.6 Å². The van der Waals surface area contributed by atoms with Gasteiger partial charge in [-0.3, -0.25) is 0 Å². The lowest BCUT2D eigenvalue weighted by molar-refractivity contribution is 0.0350. The predicted molar refractivity (Wildman–Crippen MR) is 75.9 cm³/mol. The molecular weight excluding hydrogens is 242 g/mol. The van der Waals surface area contributed by atoms with Crippen LogP contribution in [-0.4, -0.2) is 33.8 Å². The highest BCUT2D eigenvalue weighted by molar-refractivity contribution is 5.49. The number of hydrogen-bond acceptors (Lipinski definition) is 6. The highest BCUT2D eigenvalue weighted by atomic mass is 16.3. The molecule has 0 atom stereocenters. The number of nitrogen functional groups attached to an aromatic ring is 1. The van der Waals surface area contributed by atoms with Crippen LogP contribution in [0.1, 0.15) is 38.9 Å². The minimum Gasteiger partial charge on any atom is -0.390 e. The van der Waals surface area contributed by atoms with Gasteiger partial charge in [-0.05, 0) is 26.2 Å². The molecule has 6 heteroatoms. The van der Waals surface area contributed by atoms with Gasteiger partial charge < -0.3 is 15.4 Å². The molecule has 1 fully saturated rings. The van der Waals surface area contributed by atoms with Gasteiger partial charge in [-0.15, -0.1) is 0 Å². The van der Waals surface area contributed by atoms with E-state index in [0.717, 1.165) is 50.4 Å². The van der Waals surface area contributed by atoms with E-state index in [4.69, 9.17) is 5.84 Å². The second-order valence-corrected chi connectivity index (χ2v) is 5.41. The normalized spacial score (nSPS) is 18.4. The molecule has 2 rings (SSSR count). The van der Waals surface area contributed by atoms with Gasteiger partial charge in [0.2, 0.25) is 0 Å². The summed E-state index contributed by atoms with van der Waals surface area (Å²) in [6, 6.07) is 1.86. The number of nitrogens with one attached hydrogen (secondary N) is 1. The molecule has 1 aliphatic rings. The first-order valence-electron chi connectivity index (χ1n) is 6.86. The van der Waals surface area contributed by atoms with Gasteiger partial charge in [0.15, 0.2) is 0 Å². The fourth-order valence-corrected chi connectivity index (χ4v) is 2.27. The number of piperidine rings is 1. The zero-order valence-electron chi connectivity index (χ0n) is 11.7. The molecule has 0 amide bonds. The van der Waals surface area contributed by atoms with Crippen molar-refractivity contribution in [2.24, 2.45) is 5.84 Å². The zero-order chi connectivity index (χ0) is 13.9. The zero-order valence-corrected chi connectivity index (χ0v) is 11.7. The molecule has 0 radical (unpaired) electrons. The highest BCUT2D eigenvalue weighted by Gasteiger charge is 2.28. The average molecular weight is 265 g/mol. The Balaban J connectivity index is 2.17. The Labute approximate surface area is 114 Å². The molecule has 106 valence electrons. The van der Waals surface area contributed by atoms with Crippen LogP contribution in [0.4, 0.5) is 11.6 Å². The first-order chi connectivity index (χ1) is 9.04. The molecule has 0 spiro atoms. The van der Waals surface area contributed by atoms with E-state index < -0.39 is 5.60 Å². The number of hydrazine groups is 1. The van der Waals surface area contributed by atoms with E-state index in [-0.39, 0.29) is 0 Å². The highest BCUT2D eigenvalue weighted by Crippen LogP contribution is 2.25. The first-order valence-corrected chi connectivity index (χ1v) is 6.86. The van der Waals surface area contributed by atoms with E-state index in [0.29, 0.717) is 5.82 Å². The molecule has 4 N–H and O–H groups in total. The van der Waals surface area contributed by atoms with Crippen LogP contribution in [0.25, 0.3) is 0 Å².